The maximum absolute atomic E-state index is 10.9. The zero-order valence-corrected chi connectivity index (χ0v) is 10.0. The Labute approximate surface area is 96.3 Å². The van der Waals surface area contributed by atoms with Crippen LogP contribution in [0.3, 0.4) is 0 Å². The molecule has 0 unspecified atom stereocenters. The van der Waals surface area contributed by atoms with Gasteiger partial charge in [0.15, 0.2) is 0 Å². The molecule has 0 heterocycles. The Kier molecular flexibility index (Phi) is 4.42. The van der Waals surface area contributed by atoms with Gasteiger partial charge < -0.3 is 4.74 Å². The number of alkyl halides is 1. The van der Waals surface area contributed by atoms with Crippen LogP contribution in [-0.2, 0) is 9.53 Å². The summed E-state index contributed by atoms with van der Waals surface area (Å²) in [6, 6.07) is 7.54. The Balaban J connectivity index is 2.65. The average Bonchev–Trinajstić information content (AvgIpc) is 2.18. The molecular weight excluding hydrogens is 267 g/mol. The maximum atomic E-state index is 10.9. The monoisotopic (exact) mass is 276 g/mol. The third-order valence-electron chi connectivity index (χ3n) is 1.81. The second-order valence-corrected chi connectivity index (χ2v) is 4.24. The molecule has 0 fully saturated rings. The molecule has 14 heavy (non-hydrogen) atoms. The summed E-state index contributed by atoms with van der Waals surface area (Å²) in [6.45, 7) is 0. The van der Waals surface area contributed by atoms with E-state index in [1.54, 1.807) is 0 Å². The van der Waals surface area contributed by atoms with Gasteiger partial charge in [0.25, 0.3) is 0 Å². The lowest BCUT2D eigenvalue weighted by molar-refractivity contribution is -0.140. The van der Waals surface area contributed by atoms with Crippen molar-refractivity contribution in [2.75, 3.05) is 7.11 Å². The summed E-state index contributed by atoms with van der Waals surface area (Å²) in [7, 11) is 1.35. The van der Waals surface area contributed by atoms with E-state index in [0.29, 0.717) is 0 Å². The van der Waals surface area contributed by atoms with Crippen molar-refractivity contribution in [2.45, 2.75) is 11.8 Å². The van der Waals surface area contributed by atoms with Crippen molar-refractivity contribution in [3.05, 3.63) is 34.3 Å². The molecule has 0 aromatic heterocycles. The Bertz CT molecular complexity index is 310. The van der Waals surface area contributed by atoms with Crippen molar-refractivity contribution in [3.8, 4) is 0 Å². The van der Waals surface area contributed by atoms with Crippen molar-refractivity contribution in [1.29, 1.82) is 0 Å². The minimum atomic E-state index is -0.324. The van der Waals surface area contributed by atoms with Crippen LogP contribution in [-0.4, -0.2) is 13.1 Å². The summed E-state index contributed by atoms with van der Waals surface area (Å²) in [4.78, 5) is 10.9. The highest BCUT2D eigenvalue weighted by Gasteiger charge is 2.12. The van der Waals surface area contributed by atoms with Gasteiger partial charge in [-0.25, -0.2) is 0 Å². The van der Waals surface area contributed by atoms with Gasteiger partial charge >= 0.3 is 5.97 Å². The van der Waals surface area contributed by atoms with Crippen molar-refractivity contribution in [2.24, 2.45) is 0 Å². The van der Waals surface area contributed by atoms with E-state index in [0.717, 1.165) is 10.0 Å². The van der Waals surface area contributed by atoms with Crippen LogP contribution in [0.15, 0.2) is 28.7 Å². The Morgan fingerprint density at radius 2 is 2.07 bits per heavy atom. The van der Waals surface area contributed by atoms with Gasteiger partial charge in [-0.2, -0.15) is 0 Å². The smallest absolute Gasteiger partial charge is 0.307 e. The number of ether oxygens (including phenoxy) is 1. The standard InChI is InChI=1S/C10H10BrClO2/c1-14-10(13)6-9(12)7-2-4-8(11)5-3-7/h2-5,9H,6H2,1H3/t9-/m1/s1. The van der Waals surface area contributed by atoms with Gasteiger partial charge in [-0.1, -0.05) is 28.1 Å². The number of esters is 1. The summed E-state index contributed by atoms with van der Waals surface area (Å²) < 4.78 is 5.52. The van der Waals surface area contributed by atoms with Crippen LogP contribution < -0.4 is 0 Å². The van der Waals surface area contributed by atoms with Crippen LogP contribution in [0.4, 0.5) is 0 Å². The normalized spacial score (nSPS) is 12.2. The predicted molar refractivity (Wildman–Crippen MR) is 59.4 cm³/mol. The molecular formula is C10H10BrClO2. The lowest BCUT2D eigenvalue weighted by atomic mass is 10.1. The molecule has 0 amide bonds. The zero-order valence-electron chi connectivity index (χ0n) is 7.67. The number of carbonyl (C=O) groups excluding carboxylic acids is 1. The van der Waals surface area contributed by atoms with E-state index in [9.17, 15) is 4.79 Å². The summed E-state index contributed by atoms with van der Waals surface area (Å²) >= 11 is 9.34. The molecule has 4 heteroatoms. The fourth-order valence-corrected chi connectivity index (χ4v) is 1.55. The van der Waals surface area contributed by atoms with Crippen LogP contribution in [0, 0.1) is 0 Å². The molecule has 2 nitrogen and oxygen atoms in total. The summed E-state index contributed by atoms with van der Waals surface area (Å²) in [5.74, 6) is -0.298. The third-order valence-corrected chi connectivity index (χ3v) is 2.74. The topological polar surface area (TPSA) is 26.3 Å². The Morgan fingerprint density at radius 3 is 2.57 bits per heavy atom. The summed E-state index contributed by atoms with van der Waals surface area (Å²) in [5.41, 5.74) is 0.917. The van der Waals surface area contributed by atoms with E-state index in [2.05, 4.69) is 20.7 Å². The fraction of sp³-hybridized carbons (Fsp3) is 0.300. The molecule has 1 atom stereocenters. The van der Waals surface area contributed by atoms with E-state index in [1.807, 2.05) is 24.3 Å². The van der Waals surface area contributed by atoms with Crippen LogP contribution >= 0.6 is 27.5 Å². The SMILES string of the molecule is COC(=O)C[C@@H](Cl)c1ccc(Br)cc1. The van der Waals surface area contributed by atoms with Gasteiger partial charge in [0.1, 0.15) is 0 Å². The van der Waals surface area contributed by atoms with Crippen LogP contribution in [0.2, 0.25) is 0 Å². The minimum Gasteiger partial charge on any atom is -0.469 e. The number of methoxy groups -OCH3 is 1. The molecule has 0 N–H and O–H groups in total. The first-order valence-electron chi connectivity index (χ1n) is 4.10. The van der Waals surface area contributed by atoms with E-state index < -0.39 is 0 Å². The highest BCUT2D eigenvalue weighted by Crippen LogP contribution is 2.25. The Morgan fingerprint density at radius 1 is 1.50 bits per heavy atom. The molecule has 1 rings (SSSR count). The second kappa shape index (κ2) is 5.37. The number of benzene rings is 1. The zero-order chi connectivity index (χ0) is 10.6. The Hall–Kier alpha value is -0.540. The minimum absolute atomic E-state index is 0.194. The average molecular weight is 278 g/mol. The molecule has 0 saturated heterocycles. The number of carbonyl (C=O) groups is 1. The third kappa shape index (κ3) is 3.31. The second-order valence-electron chi connectivity index (χ2n) is 2.80. The molecule has 0 aliphatic heterocycles. The van der Waals surface area contributed by atoms with Crippen LogP contribution in [0.1, 0.15) is 17.4 Å². The molecule has 0 bridgehead atoms. The number of halogens is 2. The summed E-state index contributed by atoms with van der Waals surface area (Å²) in [5, 5.41) is -0.324. The van der Waals surface area contributed by atoms with E-state index >= 15 is 0 Å². The first-order chi connectivity index (χ1) is 6.63. The van der Waals surface area contributed by atoms with Crippen molar-refractivity contribution < 1.29 is 9.53 Å². The van der Waals surface area contributed by atoms with Gasteiger partial charge in [0.05, 0.1) is 18.9 Å². The molecule has 0 spiro atoms. The highest BCUT2D eigenvalue weighted by molar-refractivity contribution is 9.10. The van der Waals surface area contributed by atoms with Gasteiger partial charge in [0, 0.05) is 4.47 Å². The first kappa shape index (κ1) is 11.5. The molecule has 1 aromatic rings. The van der Waals surface area contributed by atoms with Crippen LogP contribution in [0.25, 0.3) is 0 Å². The lowest BCUT2D eigenvalue weighted by Gasteiger charge is -2.07. The number of rotatable bonds is 3. The summed E-state index contributed by atoms with van der Waals surface area (Å²) in [6.07, 6.45) is 0.194. The molecule has 0 radical (unpaired) electrons. The molecule has 1 aromatic carbocycles. The number of hydrogen-bond donors (Lipinski definition) is 0. The molecule has 76 valence electrons. The lowest BCUT2D eigenvalue weighted by Crippen LogP contribution is -2.04. The van der Waals surface area contributed by atoms with Crippen LogP contribution in [0.5, 0.6) is 0 Å². The molecule has 0 aliphatic rings. The van der Waals surface area contributed by atoms with Gasteiger partial charge in [-0.05, 0) is 17.7 Å². The van der Waals surface area contributed by atoms with Crippen molar-refractivity contribution >= 4 is 33.5 Å². The molecule has 0 saturated carbocycles. The van der Waals surface area contributed by atoms with Crippen molar-refractivity contribution in [3.63, 3.8) is 0 Å². The van der Waals surface area contributed by atoms with E-state index in [-0.39, 0.29) is 17.8 Å². The van der Waals surface area contributed by atoms with E-state index in [4.69, 9.17) is 11.6 Å². The molecule has 0 aliphatic carbocycles. The number of hydrogen-bond acceptors (Lipinski definition) is 2. The first-order valence-corrected chi connectivity index (χ1v) is 5.32. The highest BCUT2D eigenvalue weighted by atomic mass is 79.9. The van der Waals surface area contributed by atoms with Gasteiger partial charge in [-0.15, -0.1) is 11.6 Å². The quantitative estimate of drug-likeness (QED) is 0.626. The maximum Gasteiger partial charge on any atom is 0.307 e. The van der Waals surface area contributed by atoms with E-state index in [1.165, 1.54) is 7.11 Å². The fourth-order valence-electron chi connectivity index (χ4n) is 1.02. The van der Waals surface area contributed by atoms with Gasteiger partial charge in [0.2, 0.25) is 0 Å². The van der Waals surface area contributed by atoms with Crippen molar-refractivity contribution in [1.82, 2.24) is 0 Å². The van der Waals surface area contributed by atoms with Gasteiger partial charge in [-0.3, -0.25) is 4.79 Å². The largest absolute Gasteiger partial charge is 0.469 e. The predicted octanol–water partition coefficient (Wildman–Crippen LogP) is 3.29.